The van der Waals surface area contributed by atoms with E-state index in [2.05, 4.69) is 66.8 Å². The number of pyridine rings is 1. The van der Waals surface area contributed by atoms with Crippen molar-refractivity contribution in [2.75, 3.05) is 5.32 Å². The Hall–Kier alpha value is -0.183. The monoisotopic (exact) mass is 466 g/mol. The summed E-state index contributed by atoms with van der Waals surface area (Å²) in [4.78, 5) is 16.4. The topological polar surface area (TPSA) is 51.2 Å². The maximum atomic E-state index is 12.3. The molecular formula is C16H24ClIN2O2Si. The minimum absolute atomic E-state index is 0.0138. The van der Waals surface area contributed by atoms with Gasteiger partial charge in [0.1, 0.15) is 5.82 Å². The van der Waals surface area contributed by atoms with Gasteiger partial charge in [0, 0.05) is 21.8 Å². The number of nitrogens with zero attached hydrogens (tertiary/aromatic N) is 1. The number of amides is 1. The average Bonchev–Trinajstić information content (AvgIpc) is 2.36. The van der Waals surface area contributed by atoms with Gasteiger partial charge in [-0.2, -0.15) is 0 Å². The van der Waals surface area contributed by atoms with E-state index in [1.165, 1.54) is 0 Å². The first-order valence-corrected chi connectivity index (χ1v) is 12.2. The highest BCUT2D eigenvalue weighted by Crippen LogP contribution is 2.41. The van der Waals surface area contributed by atoms with Crippen LogP contribution in [0.25, 0.3) is 0 Å². The van der Waals surface area contributed by atoms with Gasteiger partial charge in [-0.3, -0.25) is 4.79 Å². The molecule has 1 fully saturated rings. The van der Waals surface area contributed by atoms with Gasteiger partial charge in [-0.1, -0.05) is 32.4 Å². The standard InChI is InChI=1S/C16H24ClIN2O2Si/c1-16(2,3)23(4,5)22-11-6-10(7-11)15(21)20-14-8-13(18)12(17)9-19-14/h8-11H,6-7H2,1-5H3,(H,19,20,21)/t10-,11+. The third kappa shape index (κ3) is 4.67. The van der Waals surface area contributed by atoms with E-state index in [1.807, 2.05) is 0 Å². The van der Waals surface area contributed by atoms with Gasteiger partial charge in [-0.15, -0.1) is 0 Å². The first-order chi connectivity index (χ1) is 10.5. The number of halogens is 2. The Labute approximate surface area is 158 Å². The molecule has 23 heavy (non-hydrogen) atoms. The van der Waals surface area contributed by atoms with Gasteiger partial charge in [0.25, 0.3) is 0 Å². The maximum Gasteiger partial charge on any atom is 0.228 e. The van der Waals surface area contributed by atoms with Crippen molar-refractivity contribution in [1.29, 1.82) is 0 Å². The normalized spacial score (nSPS) is 21.7. The van der Waals surface area contributed by atoms with Gasteiger partial charge < -0.3 is 9.74 Å². The van der Waals surface area contributed by atoms with Crippen LogP contribution in [0.1, 0.15) is 33.6 Å². The number of aromatic nitrogens is 1. The zero-order valence-corrected chi connectivity index (χ0v) is 18.2. The molecule has 128 valence electrons. The second kappa shape index (κ2) is 6.97. The second-order valence-electron chi connectivity index (χ2n) is 7.64. The van der Waals surface area contributed by atoms with Crippen LogP contribution in [0.5, 0.6) is 0 Å². The van der Waals surface area contributed by atoms with E-state index in [0.29, 0.717) is 10.8 Å². The van der Waals surface area contributed by atoms with Crippen molar-refractivity contribution in [2.45, 2.75) is 57.8 Å². The highest BCUT2D eigenvalue weighted by molar-refractivity contribution is 14.1. The highest BCUT2D eigenvalue weighted by Gasteiger charge is 2.44. The summed E-state index contributed by atoms with van der Waals surface area (Å²) in [5.41, 5.74) is 0. The lowest BCUT2D eigenvalue weighted by Gasteiger charge is -2.44. The van der Waals surface area contributed by atoms with Crippen LogP contribution in [-0.4, -0.2) is 25.3 Å². The summed E-state index contributed by atoms with van der Waals surface area (Å²) in [6.07, 6.45) is 3.36. The number of rotatable bonds is 4. The fourth-order valence-electron chi connectivity index (χ4n) is 2.18. The van der Waals surface area contributed by atoms with Crippen molar-refractivity contribution < 1.29 is 9.22 Å². The van der Waals surface area contributed by atoms with Gasteiger partial charge in [0.05, 0.1) is 5.02 Å². The number of hydrogen-bond acceptors (Lipinski definition) is 3. The van der Waals surface area contributed by atoms with Crippen molar-refractivity contribution in [3.8, 4) is 0 Å². The van der Waals surface area contributed by atoms with Crippen LogP contribution < -0.4 is 5.32 Å². The maximum absolute atomic E-state index is 12.3. The number of anilines is 1. The molecule has 0 saturated heterocycles. The van der Waals surface area contributed by atoms with Crippen LogP contribution in [0.2, 0.25) is 23.2 Å². The molecule has 0 atom stereocenters. The molecule has 1 heterocycles. The Morgan fingerprint density at radius 3 is 2.57 bits per heavy atom. The largest absolute Gasteiger partial charge is 0.414 e. The Morgan fingerprint density at radius 1 is 1.43 bits per heavy atom. The van der Waals surface area contributed by atoms with Crippen molar-refractivity contribution >= 4 is 54.2 Å². The van der Waals surface area contributed by atoms with Crippen molar-refractivity contribution in [3.05, 3.63) is 20.9 Å². The molecule has 1 aromatic heterocycles. The molecule has 1 aliphatic carbocycles. The van der Waals surface area contributed by atoms with Gasteiger partial charge in [-0.25, -0.2) is 4.98 Å². The third-order valence-electron chi connectivity index (χ3n) is 4.79. The molecule has 1 aromatic rings. The molecule has 1 amide bonds. The molecule has 1 N–H and O–H groups in total. The molecule has 4 nitrogen and oxygen atoms in total. The van der Waals surface area contributed by atoms with Gasteiger partial charge >= 0.3 is 0 Å². The fourth-order valence-corrected chi connectivity index (χ4v) is 4.10. The number of hydrogen-bond donors (Lipinski definition) is 1. The van der Waals surface area contributed by atoms with Crippen molar-refractivity contribution in [2.24, 2.45) is 5.92 Å². The van der Waals surface area contributed by atoms with Gasteiger partial charge in [0.15, 0.2) is 8.32 Å². The van der Waals surface area contributed by atoms with Gasteiger partial charge in [0.2, 0.25) is 5.91 Å². The number of carbonyl (C=O) groups excluding carboxylic acids is 1. The molecule has 0 unspecified atom stereocenters. The van der Waals surface area contributed by atoms with Crippen LogP contribution in [0.15, 0.2) is 12.3 Å². The molecule has 0 radical (unpaired) electrons. The summed E-state index contributed by atoms with van der Waals surface area (Å²) >= 11 is 8.06. The highest BCUT2D eigenvalue weighted by atomic mass is 127. The first kappa shape index (κ1) is 19.1. The molecule has 2 rings (SSSR count). The Balaban J connectivity index is 1.85. The Bertz CT molecular complexity index is 598. The quantitative estimate of drug-likeness (QED) is 0.497. The van der Waals surface area contributed by atoms with E-state index in [4.69, 9.17) is 16.0 Å². The van der Waals surface area contributed by atoms with Crippen molar-refractivity contribution in [3.63, 3.8) is 0 Å². The zero-order valence-electron chi connectivity index (χ0n) is 14.2. The SMILES string of the molecule is CC(C)(C)[Si](C)(C)O[C@H]1C[C@@H](C(=O)Nc2cc(I)c(Cl)cn2)C1. The molecular weight excluding hydrogens is 443 g/mol. The molecule has 0 bridgehead atoms. The minimum Gasteiger partial charge on any atom is -0.414 e. The van der Waals surface area contributed by atoms with E-state index in [1.54, 1.807) is 12.3 Å². The van der Waals surface area contributed by atoms with E-state index in [0.717, 1.165) is 16.4 Å². The molecule has 0 spiro atoms. The summed E-state index contributed by atoms with van der Waals surface area (Å²) in [5.74, 6) is 0.586. The predicted octanol–water partition coefficient (Wildman–Crippen LogP) is 5.08. The summed E-state index contributed by atoms with van der Waals surface area (Å²) in [6, 6.07) is 1.78. The van der Waals surface area contributed by atoms with Crippen LogP contribution >= 0.6 is 34.2 Å². The summed E-state index contributed by atoms with van der Waals surface area (Å²) in [7, 11) is -1.75. The summed E-state index contributed by atoms with van der Waals surface area (Å²) in [6.45, 7) is 11.2. The molecule has 7 heteroatoms. The summed E-state index contributed by atoms with van der Waals surface area (Å²) < 4.78 is 7.21. The number of nitrogens with one attached hydrogen (secondary N) is 1. The lowest BCUT2D eigenvalue weighted by Crippen LogP contribution is -2.49. The van der Waals surface area contributed by atoms with E-state index >= 15 is 0 Å². The van der Waals surface area contributed by atoms with E-state index in [9.17, 15) is 4.79 Å². The smallest absolute Gasteiger partial charge is 0.228 e. The third-order valence-corrected chi connectivity index (χ3v) is 10.8. The van der Waals surface area contributed by atoms with Gasteiger partial charge in [-0.05, 0) is 59.6 Å². The number of carbonyl (C=O) groups is 1. The van der Waals surface area contributed by atoms with Crippen LogP contribution in [0, 0.1) is 9.49 Å². The van der Waals surface area contributed by atoms with Crippen LogP contribution in [-0.2, 0) is 9.22 Å². The average molecular weight is 467 g/mol. The van der Waals surface area contributed by atoms with E-state index in [-0.39, 0.29) is 23.0 Å². The lowest BCUT2D eigenvalue weighted by molar-refractivity contribution is -0.125. The Morgan fingerprint density at radius 2 is 2.04 bits per heavy atom. The zero-order chi connectivity index (χ0) is 17.4. The van der Waals surface area contributed by atoms with E-state index < -0.39 is 8.32 Å². The fraction of sp³-hybridized carbons (Fsp3) is 0.625. The summed E-state index contributed by atoms with van der Waals surface area (Å²) in [5, 5.41) is 3.66. The first-order valence-electron chi connectivity index (χ1n) is 7.79. The van der Waals surface area contributed by atoms with Crippen molar-refractivity contribution in [1.82, 2.24) is 4.98 Å². The molecule has 1 saturated carbocycles. The lowest BCUT2D eigenvalue weighted by atomic mass is 9.82. The molecule has 1 aliphatic rings. The minimum atomic E-state index is -1.75. The second-order valence-corrected chi connectivity index (χ2v) is 14.0. The van der Waals surface area contributed by atoms with Crippen LogP contribution in [0.3, 0.4) is 0 Å². The Kier molecular flexibility index (Phi) is 5.81. The molecule has 0 aliphatic heterocycles. The predicted molar refractivity (Wildman–Crippen MR) is 105 cm³/mol. The van der Waals surface area contributed by atoms with Crippen LogP contribution in [0.4, 0.5) is 5.82 Å². The molecule has 0 aromatic carbocycles.